The Morgan fingerprint density at radius 3 is 2.17 bits per heavy atom. The van der Waals surface area contributed by atoms with Crippen LogP contribution in [-0.4, -0.2) is 133 Å². The Bertz CT molecular complexity index is 1250. The van der Waals surface area contributed by atoms with Crippen LogP contribution in [0.25, 0.3) is 0 Å². The van der Waals surface area contributed by atoms with Gasteiger partial charge in [-0.15, -0.1) is 0 Å². The number of aromatic hydroxyl groups is 3. The summed E-state index contributed by atoms with van der Waals surface area (Å²) in [6.07, 6.45) is -16.4. The maximum absolute atomic E-state index is 13.6. The molecule has 0 radical (unpaired) electrons. The molecule has 3 aliphatic rings. The number of phenolic OH excluding ortho intramolecular Hbond substituents is 3. The van der Waals surface area contributed by atoms with Crippen molar-refractivity contribution in [1.82, 2.24) is 0 Å². The molecule has 0 amide bonds. The predicted octanol–water partition coefficient (Wildman–Crippen LogP) is -2.19. The molecule has 0 saturated carbocycles. The summed E-state index contributed by atoms with van der Waals surface area (Å²) < 4.78 is 28.2. The smallest absolute Gasteiger partial charge is 0.203 e. The lowest BCUT2D eigenvalue weighted by Gasteiger charge is -2.43. The molecule has 15 nitrogen and oxygen atoms in total. The molecule has 2 aromatic carbocycles. The second kappa shape index (κ2) is 12.3. The summed E-state index contributed by atoms with van der Waals surface area (Å²) in [5, 5.41) is 91.2. The quantitative estimate of drug-likeness (QED) is 0.165. The van der Waals surface area contributed by atoms with Crippen molar-refractivity contribution < 1.29 is 74.4 Å². The molecule has 230 valence electrons. The topological polar surface area (TPSA) is 245 Å². The molecule has 2 unspecified atom stereocenters. The fraction of sp³-hybridized carbons (Fsp3) is 0.519. The van der Waals surface area contributed by atoms with Crippen LogP contribution < -0.4 is 4.74 Å². The highest BCUT2D eigenvalue weighted by Crippen LogP contribution is 2.43. The van der Waals surface area contributed by atoms with E-state index in [9.17, 15) is 50.8 Å². The van der Waals surface area contributed by atoms with Gasteiger partial charge in [0.15, 0.2) is 18.5 Å². The number of ether oxygens (including phenoxy) is 5. The average molecular weight is 597 g/mol. The first-order valence-electron chi connectivity index (χ1n) is 13.1. The molecule has 2 fully saturated rings. The van der Waals surface area contributed by atoms with Crippen LogP contribution in [0.1, 0.15) is 22.0 Å². The molecule has 2 aromatic rings. The maximum Gasteiger partial charge on any atom is 0.203 e. The number of benzene rings is 2. The number of hydrogen-bond donors (Lipinski definition) is 9. The maximum atomic E-state index is 13.6. The van der Waals surface area contributed by atoms with Crippen molar-refractivity contribution in [2.75, 3.05) is 19.8 Å². The normalized spacial score (nSPS) is 36.7. The lowest BCUT2D eigenvalue weighted by molar-refractivity contribution is -0.314. The van der Waals surface area contributed by atoms with Crippen LogP contribution in [0.5, 0.6) is 23.0 Å². The summed E-state index contributed by atoms with van der Waals surface area (Å²) in [6.45, 7) is -0.939. The van der Waals surface area contributed by atoms with Gasteiger partial charge < -0.3 is 69.6 Å². The molecular formula is C27H32O15. The second-order valence-corrected chi connectivity index (χ2v) is 10.4. The molecular weight excluding hydrogens is 564 g/mol. The number of fused-ring (bicyclic) bond motifs is 1. The molecule has 15 heteroatoms. The molecule has 0 bridgehead atoms. The third-order valence-electron chi connectivity index (χ3n) is 7.44. The minimum absolute atomic E-state index is 0.0723. The van der Waals surface area contributed by atoms with Gasteiger partial charge in [0, 0.05) is 12.1 Å². The van der Waals surface area contributed by atoms with Gasteiger partial charge >= 0.3 is 0 Å². The fourth-order valence-corrected chi connectivity index (χ4v) is 5.07. The molecule has 0 spiro atoms. The van der Waals surface area contributed by atoms with Gasteiger partial charge in [0.05, 0.1) is 19.8 Å². The number of phenols is 3. The number of ketones is 1. The summed E-state index contributed by atoms with van der Waals surface area (Å²) in [5.74, 6) is -1.99. The summed E-state index contributed by atoms with van der Waals surface area (Å²) in [4.78, 5) is 13.6. The first kappa shape index (κ1) is 30.4. The number of rotatable bonds is 7. The van der Waals surface area contributed by atoms with Crippen molar-refractivity contribution in [1.29, 1.82) is 0 Å². The van der Waals surface area contributed by atoms with Crippen molar-refractivity contribution >= 4 is 5.78 Å². The number of Topliss-reactive ketones (excluding diaryl/α,β-unsaturated/α-hetero) is 1. The Kier molecular flexibility index (Phi) is 8.86. The third-order valence-corrected chi connectivity index (χ3v) is 7.44. The number of carbonyl (C=O) groups is 1. The van der Waals surface area contributed by atoms with Gasteiger partial charge in [0.2, 0.25) is 5.78 Å². The highest BCUT2D eigenvalue weighted by molar-refractivity contribution is 6.05. The summed E-state index contributed by atoms with van der Waals surface area (Å²) in [5.41, 5.74) is 0.0284. The highest BCUT2D eigenvalue weighted by Gasteiger charge is 2.49. The zero-order chi connectivity index (χ0) is 30.3. The van der Waals surface area contributed by atoms with Crippen LogP contribution >= 0.6 is 0 Å². The van der Waals surface area contributed by atoms with E-state index in [2.05, 4.69) is 0 Å². The lowest BCUT2D eigenvalue weighted by Crippen LogP contribution is -2.61. The minimum atomic E-state index is -1.85. The van der Waals surface area contributed by atoms with Crippen LogP contribution in [0.3, 0.4) is 0 Å². The van der Waals surface area contributed by atoms with E-state index in [0.717, 1.165) is 12.1 Å². The molecule has 3 heterocycles. The van der Waals surface area contributed by atoms with E-state index in [1.165, 1.54) is 24.3 Å². The zero-order valence-corrected chi connectivity index (χ0v) is 21.9. The van der Waals surface area contributed by atoms with E-state index in [1.807, 2.05) is 0 Å². The third kappa shape index (κ3) is 5.89. The molecule has 11 atom stereocenters. The van der Waals surface area contributed by atoms with Gasteiger partial charge in [-0.25, -0.2) is 0 Å². The first-order chi connectivity index (χ1) is 20.0. The Balaban J connectivity index is 1.34. The van der Waals surface area contributed by atoms with Crippen LogP contribution in [0.15, 0.2) is 36.4 Å². The van der Waals surface area contributed by atoms with E-state index < -0.39 is 85.5 Å². The van der Waals surface area contributed by atoms with Crippen molar-refractivity contribution in [3.05, 3.63) is 47.5 Å². The zero-order valence-electron chi connectivity index (χ0n) is 21.9. The number of hydrogen-bond acceptors (Lipinski definition) is 15. The van der Waals surface area contributed by atoms with Crippen LogP contribution in [0.4, 0.5) is 0 Å². The molecule has 5 rings (SSSR count). The second-order valence-electron chi connectivity index (χ2n) is 10.4. The Morgan fingerprint density at radius 2 is 1.45 bits per heavy atom. The molecule has 42 heavy (non-hydrogen) atoms. The van der Waals surface area contributed by atoms with Crippen molar-refractivity contribution in [3.8, 4) is 23.0 Å². The lowest BCUT2D eigenvalue weighted by atomic mass is 9.92. The van der Waals surface area contributed by atoms with E-state index in [1.54, 1.807) is 0 Å². The number of aliphatic hydroxyl groups is 6. The first-order valence-corrected chi connectivity index (χ1v) is 13.1. The van der Waals surface area contributed by atoms with Gasteiger partial charge in [-0.3, -0.25) is 4.79 Å². The molecule has 0 aromatic heterocycles. The van der Waals surface area contributed by atoms with Crippen molar-refractivity contribution in [2.24, 2.45) is 0 Å². The summed E-state index contributed by atoms with van der Waals surface area (Å²) in [7, 11) is 0. The summed E-state index contributed by atoms with van der Waals surface area (Å²) in [6, 6.07) is 7.63. The Labute approximate surface area is 238 Å². The van der Waals surface area contributed by atoms with Crippen molar-refractivity contribution in [3.63, 3.8) is 0 Å². The highest BCUT2D eigenvalue weighted by atomic mass is 16.7. The van der Waals surface area contributed by atoms with E-state index in [0.29, 0.717) is 5.56 Å². The van der Waals surface area contributed by atoms with E-state index >= 15 is 0 Å². The van der Waals surface area contributed by atoms with E-state index in [-0.39, 0.29) is 36.0 Å². The molecule has 0 aliphatic carbocycles. The van der Waals surface area contributed by atoms with Crippen LogP contribution in [0.2, 0.25) is 0 Å². The van der Waals surface area contributed by atoms with Crippen LogP contribution in [0, 0.1) is 0 Å². The molecule has 3 aliphatic heterocycles. The fourth-order valence-electron chi connectivity index (χ4n) is 5.07. The van der Waals surface area contributed by atoms with Gasteiger partial charge in [0.25, 0.3) is 0 Å². The SMILES string of the molecule is O=C1c2c(O)cc(O)cc2OC(c2ccc(O)cc2)C1O[C@H]1O[C@H](COC[C@@H]2OC[C@H](O)[C@@H](O)[C@H]2O)[C@@H](O)[C@H](O)[C@H]1O. The number of carbonyl (C=O) groups excluding carboxylic acids is 1. The predicted molar refractivity (Wildman–Crippen MR) is 136 cm³/mol. The minimum Gasteiger partial charge on any atom is -0.508 e. The number of aliphatic hydroxyl groups excluding tert-OH is 6. The molecule has 2 saturated heterocycles. The monoisotopic (exact) mass is 596 g/mol. The molecule has 9 N–H and O–H groups in total. The largest absolute Gasteiger partial charge is 0.508 e. The van der Waals surface area contributed by atoms with Gasteiger partial charge in [-0.2, -0.15) is 0 Å². The van der Waals surface area contributed by atoms with Crippen molar-refractivity contribution in [2.45, 2.75) is 67.3 Å². The Hall–Kier alpha value is -3.09. The average Bonchev–Trinajstić information content (AvgIpc) is 2.95. The van der Waals surface area contributed by atoms with Crippen LogP contribution in [-0.2, 0) is 18.9 Å². The van der Waals surface area contributed by atoms with Gasteiger partial charge in [-0.05, 0) is 17.7 Å². The van der Waals surface area contributed by atoms with E-state index in [4.69, 9.17) is 23.7 Å². The summed E-state index contributed by atoms with van der Waals surface area (Å²) >= 11 is 0. The van der Waals surface area contributed by atoms with Gasteiger partial charge in [0.1, 0.15) is 77.4 Å². The Morgan fingerprint density at radius 1 is 0.786 bits per heavy atom. The standard InChI is InChI=1S/C27H32O15/c28-11-3-1-10(2-4-11)25-26(22(35)18-13(30)5-12(29)6-15(18)40-25)42-27-24(37)23(36)21(34)17(41-27)9-38-8-16-20(33)19(32)14(31)7-39-16/h1-6,14,16-17,19-21,23-34,36-37H,7-9H2/t14-,16-,17+,19+,20-,21+,23-,24+,25?,26?,27+/m0/s1. The van der Waals surface area contributed by atoms with Gasteiger partial charge in [-0.1, -0.05) is 12.1 Å².